The number of hydrogen-bond donors (Lipinski definition) is 0. The Bertz CT molecular complexity index is 126. The van der Waals surface area contributed by atoms with Gasteiger partial charge in [0, 0.05) is 15.8 Å². The fraction of sp³-hybridized carbons (Fsp3) is 1.00. The highest BCUT2D eigenvalue weighted by molar-refractivity contribution is 9.09. The zero-order chi connectivity index (χ0) is 7.68. The average Bonchev–Trinajstić information content (AvgIpc) is 2.03. The Labute approximate surface area is 81.6 Å². The molecule has 2 aliphatic heterocycles. The molecule has 2 aliphatic rings. The van der Waals surface area contributed by atoms with Crippen LogP contribution in [0.5, 0.6) is 0 Å². The maximum absolute atomic E-state index is 3.61. The van der Waals surface area contributed by atoms with Crippen molar-refractivity contribution in [2.75, 3.05) is 5.33 Å². The van der Waals surface area contributed by atoms with Crippen molar-refractivity contribution in [3.05, 3.63) is 0 Å². The molecule has 2 heteroatoms. The zero-order valence-corrected chi connectivity index (χ0v) is 9.16. The molecule has 2 saturated heterocycles. The van der Waals surface area contributed by atoms with E-state index in [9.17, 15) is 0 Å². The van der Waals surface area contributed by atoms with Crippen molar-refractivity contribution in [1.29, 1.82) is 0 Å². The first kappa shape index (κ1) is 8.43. The predicted molar refractivity (Wildman–Crippen MR) is 55.5 cm³/mol. The van der Waals surface area contributed by atoms with Crippen LogP contribution in [0.25, 0.3) is 0 Å². The Morgan fingerprint density at radius 2 is 1.82 bits per heavy atom. The SMILES string of the molecule is BrCC1CC2CCCC(C1)S2. The summed E-state index contributed by atoms with van der Waals surface area (Å²) in [5.74, 6) is 0.992. The van der Waals surface area contributed by atoms with Gasteiger partial charge in [0.2, 0.25) is 0 Å². The van der Waals surface area contributed by atoms with Crippen LogP contribution in [-0.4, -0.2) is 15.8 Å². The maximum atomic E-state index is 3.61. The van der Waals surface area contributed by atoms with E-state index in [1.54, 1.807) is 0 Å². The second-order valence-corrected chi connectivity index (χ2v) is 6.06. The molecule has 2 atom stereocenters. The lowest BCUT2D eigenvalue weighted by atomic mass is 9.91. The van der Waals surface area contributed by atoms with Gasteiger partial charge in [0.1, 0.15) is 0 Å². The van der Waals surface area contributed by atoms with Gasteiger partial charge >= 0.3 is 0 Å². The molecule has 0 aliphatic carbocycles. The van der Waals surface area contributed by atoms with E-state index in [1.807, 2.05) is 0 Å². The minimum atomic E-state index is 0.992. The Balaban J connectivity index is 1.94. The number of alkyl halides is 1. The predicted octanol–water partition coefficient (Wildman–Crippen LogP) is 3.45. The summed E-state index contributed by atoms with van der Waals surface area (Å²) in [5, 5.41) is 3.27. The van der Waals surface area contributed by atoms with Crippen molar-refractivity contribution in [3.63, 3.8) is 0 Å². The van der Waals surface area contributed by atoms with Crippen LogP contribution < -0.4 is 0 Å². The fourth-order valence-electron chi connectivity index (χ4n) is 2.29. The topological polar surface area (TPSA) is 0 Å². The zero-order valence-electron chi connectivity index (χ0n) is 6.76. The summed E-state index contributed by atoms with van der Waals surface area (Å²) in [6, 6.07) is 0. The minimum Gasteiger partial charge on any atom is -0.155 e. The van der Waals surface area contributed by atoms with Gasteiger partial charge in [-0.25, -0.2) is 0 Å². The van der Waals surface area contributed by atoms with Gasteiger partial charge in [0.25, 0.3) is 0 Å². The summed E-state index contributed by atoms with van der Waals surface area (Å²) < 4.78 is 0. The van der Waals surface area contributed by atoms with Crippen molar-refractivity contribution >= 4 is 27.7 Å². The van der Waals surface area contributed by atoms with Gasteiger partial charge in [-0.15, -0.1) is 0 Å². The lowest BCUT2D eigenvalue weighted by molar-refractivity contribution is 0.401. The van der Waals surface area contributed by atoms with Crippen LogP contribution in [0.4, 0.5) is 0 Å². The molecule has 2 fully saturated rings. The van der Waals surface area contributed by atoms with Gasteiger partial charge in [0.05, 0.1) is 0 Å². The van der Waals surface area contributed by atoms with E-state index in [2.05, 4.69) is 27.7 Å². The van der Waals surface area contributed by atoms with E-state index in [0.717, 1.165) is 16.4 Å². The highest BCUT2D eigenvalue weighted by Gasteiger charge is 2.31. The van der Waals surface area contributed by atoms with Crippen molar-refractivity contribution in [1.82, 2.24) is 0 Å². The third-order valence-corrected chi connectivity index (χ3v) is 5.39. The monoisotopic (exact) mass is 234 g/mol. The molecule has 0 spiro atoms. The van der Waals surface area contributed by atoms with Crippen molar-refractivity contribution in [3.8, 4) is 0 Å². The normalized spacial score (nSPS) is 43.9. The maximum Gasteiger partial charge on any atom is 0.00604 e. The Morgan fingerprint density at radius 3 is 2.36 bits per heavy atom. The number of fused-ring (bicyclic) bond motifs is 2. The summed E-state index contributed by atoms with van der Waals surface area (Å²) in [6.45, 7) is 0. The Kier molecular flexibility index (Phi) is 2.83. The summed E-state index contributed by atoms with van der Waals surface area (Å²) in [5.41, 5.74) is 0. The van der Waals surface area contributed by atoms with E-state index < -0.39 is 0 Å². The Hall–Kier alpha value is 0.830. The van der Waals surface area contributed by atoms with Gasteiger partial charge in [0.15, 0.2) is 0 Å². The van der Waals surface area contributed by atoms with Gasteiger partial charge in [-0.1, -0.05) is 22.4 Å². The molecular formula is C9H15BrS. The first-order chi connectivity index (χ1) is 5.38. The van der Waals surface area contributed by atoms with E-state index in [4.69, 9.17) is 0 Å². The lowest BCUT2D eigenvalue weighted by Gasteiger charge is -2.37. The molecule has 0 radical (unpaired) electrons. The van der Waals surface area contributed by atoms with E-state index in [0.29, 0.717) is 0 Å². The van der Waals surface area contributed by atoms with Crippen LogP contribution in [0, 0.1) is 5.92 Å². The highest BCUT2D eigenvalue weighted by Crippen LogP contribution is 2.44. The number of hydrogen-bond acceptors (Lipinski definition) is 1. The standard InChI is InChI=1S/C9H15BrS/c10-6-7-4-8-2-1-3-9(5-7)11-8/h7-9H,1-6H2. The van der Waals surface area contributed by atoms with Gasteiger partial charge in [-0.2, -0.15) is 11.8 Å². The van der Waals surface area contributed by atoms with E-state index in [-0.39, 0.29) is 0 Å². The van der Waals surface area contributed by atoms with Gasteiger partial charge in [-0.3, -0.25) is 0 Å². The number of halogens is 1. The lowest BCUT2D eigenvalue weighted by Crippen LogP contribution is -2.29. The van der Waals surface area contributed by atoms with Crippen LogP contribution in [0.2, 0.25) is 0 Å². The van der Waals surface area contributed by atoms with Crippen molar-refractivity contribution in [2.24, 2.45) is 5.92 Å². The molecule has 2 heterocycles. The van der Waals surface area contributed by atoms with Gasteiger partial charge < -0.3 is 0 Å². The smallest absolute Gasteiger partial charge is 0.00604 e. The van der Waals surface area contributed by atoms with E-state index >= 15 is 0 Å². The molecule has 0 aromatic rings. The molecule has 2 unspecified atom stereocenters. The molecule has 0 nitrogen and oxygen atoms in total. The van der Waals surface area contributed by atoms with Crippen LogP contribution in [0.15, 0.2) is 0 Å². The molecular weight excluding hydrogens is 220 g/mol. The van der Waals surface area contributed by atoms with Gasteiger partial charge in [-0.05, 0) is 31.6 Å². The fourth-order valence-corrected chi connectivity index (χ4v) is 4.74. The van der Waals surface area contributed by atoms with E-state index in [1.165, 1.54) is 37.4 Å². The van der Waals surface area contributed by atoms with Crippen molar-refractivity contribution < 1.29 is 0 Å². The quantitative estimate of drug-likeness (QED) is 0.627. The molecule has 64 valence electrons. The third kappa shape index (κ3) is 1.95. The third-order valence-electron chi connectivity index (χ3n) is 2.85. The van der Waals surface area contributed by atoms with Crippen molar-refractivity contribution in [2.45, 2.75) is 42.6 Å². The number of rotatable bonds is 1. The van der Waals surface area contributed by atoms with Crippen LogP contribution in [0.3, 0.4) is 0 Å². The summed E-state index contributed by atoms with van der Waals surface area (Å²) in [7, 11) is 0. The molecule has 0 N–H and O–H groups in total. The molecule has 0 aromatic heterocycles. The number of thioether (sulfide) groups is 1. The summed E-state index contributed by atoms with van der Waals surface area (Å²) in [6.07, 6.45) is 7.44. The Morgan fingerprint density at radius 1 is 1.18 bits per heavy atom. The second-order valence-electron chi connectivity index (χ2n) is 3.80. The van der Waals surface area contributed by atoms with Crippen LogP contribution >= 0.6 is 27.7 Å². The van der Waals surface area contributed by atoms with Crippen LogP contribution in [-0.2, 0) is 0 Å². The first-order valence-electron chi connectivity index (χ1n) is 4.60. The summed E-state index contributed by atoms with van der Waals surface area (Å²) in [4.78, 5) is 0. The first-order valence-corrected chi connectivity index (χ1v) is 6.66. The minimum absolute atomic E-state index is 0.992. The molecule has 2 rings (SSSR count). The molecule has 11 heavy (non-hydrogen) atoms. The molecule has 0 aromatic carbocycles. The summed E-state index contributed by atoms with van der Waals surface area (Å²) >= 11 is 5.88. The largest absolute Gasteiger partial charge is 0.155 e. The highest BCUT2D eigenvalue weighted by atomic mass is 79.9. The molecule has 0 saturated carbocycles. The average molecular weight is 235 g/mol. The molecule has 2 bridgehead atoms. The van der Waals surface area contributed by atoms with Crippen LogP contribution in [0.1, 0.15) is 32.1 Å². The molecule has 0 amide bonds. The second kappa shape index (κ2) is 3.69.